The van der Waals surface area contributed by atoms with E-state index in [4.69, 9.17) is 9.47 Å². The first-order valence-corrected chi connectivity index (χ1v) is 10.1. The van der Waals surface area contributed by atoms with Gasteiger partial charge in [0.2, 0.25) is 5.91 Å². The van der Waals surface area contributed by atoms with Crippen LogP contribution < -0.4 is 20.1 Å². The second-order valence-corrected chi connectivity index (χ2v) is 7.40. The van der Waals surface area contributed by atoms with Gasteiger partial charge in [-0.3, -0.25) is 4.79 Å². The lowest BCUT2D eigenvalue weighted by Crippen LogP contribution is -2.22. The molecule has 0 spiro atoms. The third-order valence-corrected chi connectivity index (χ3v) is 4.26. The molecule has 5 nitrogen and oxygen atoms in total. The van der Waals surface area contributed by atoms with Crippen LogP contribution in [0.2, 0.25) is 0 Å². The first kappa shape index (κ1) is 21.2. The van der Waals surface area contributed by atoms with E-state index in [9.17, 15) is 4.79 Å². The Morgan fingerprint density at radius 2 is 1.67 bits per heavy atom. The van der Waals surface area contributed by atoms with Crippen molar-refractivity contribution in [2.75, 3.05) is 23.8 Å². The molecule has 2 N–H and O–H groups in total. The van der Waals surface area contributed by atoms with E-state index >= 15 is 0 Å². The normalized spacial score (nSPS) is 10.5. The van der Waals surface area contributed by atoms with Gasteiger partial charge in [0.15, 0.2) is 0 Å². The fraction of sp³-hybridized carbons (Fsp3) is 0.240. The lowest BCUT2D eigenvalue weighted by Gasteiger charge is -2.14. The molecule has 0 heterocycles. The standard InChI is InChI=1S/C25H28N2O3/c1-19(2)17-29-22-12-8-11-21(15-22)27-25(28)16-26-23-13-6-7-14-24(23)30-18-20-9-4-3-5-10-20/h3-15,19,26H,16-18H2,1-2H3,(H,27,28). The fourth-order valence-corrected chi connectivity index (χ4v) is 2.78. The molecule has 3 aromatic rings. The average Bonchev–Trinajstić information content (AvgIpc) is 2.76. The van der Waals surface area contributed by atoms with Crippen LogP contribution in [0.3, 0.4) is 0 Å². The maximum Gasteiger partial charge on any atom is 0.243 e. The molecule has 0 saturated carbocycles. The van der Waals surface area contributed by atoms with Gasteiger partial charge in [-0.25, -0.2) is 0 Å². The summed E-state index contributed by atoms with van der Waals surface area (Å²) in [4.78, 5) is 12.4. The molecule has 0 radical (unpaired) electrons. The Kier molecular flexibility index (Phi) is 7.72. The van der Waals surface area contributed by atoms with Gasteiger partial charge >= 0.3 is 0 Å². The summed E-state index contributed by atoms with van der Waals surface area (Å²) in [6.45, 7) is 5.42. The number of amides is 1. The zero-order chi connectivity index (χ0) is 21.2. The topological polar surface area (TPSA) is 59.6 Å². The fourth-order valence-electron chi connectivity index (χ4n) is 2.78. The van der Waals surface area contributed by atoms with Crippen LogP contribution in [0.1, 0.15) is 19.4 Å². The summed E-state index contributed by atoms with van der Waals surface area (Å²) in [6, 6.07) is 25.0. The molecule has 0 atom stereocenters. The minimum absolute atomic E-state index is 0.128. The van der Waals surface area contributed by atoms with Crippen LogP contribution in [0.4, 0.5) is 11.4 Å². The first-order valence-electron chi connectivity index (χ1n) is 10.1. The number of carbonyl (C=O) groups excluding carboxylic acids is 1. The first-order chi connectivity index (χ1) is 14.6. The van der Waals surface area contributed by atoms with Crippen LogP contribution in [-0.4, -0.2) is 19.1 Å². The number of hydrogen-bond donors (Lipinski definition) is 2. The van der Waals surface area contributed by atoms with Crippen LogP contribution in [0, 0.1) is 5.92 Å². The average molecular weight is 405 g/mol. The minimum atomic E-state index is -0.145. The summed E-state index contributed by atoms with van der Waals surface area (Å²) in [6.07, 6.45) is 0. The number of rotatable bonds is 10. The Labute approximate surface area is 178 Å². The monoisotopic (exact) mass is 404 g/mol. The third-order valence-electron chi connectivity index (χ3n) is 4.26. The van der Waals surface area contributed by atoms with Crippen molar-refractivity contribution in [1.82, 2.24) is 0 Å². The van der Waals surface area contributed by atoms with Gasteiger partial charge in [0.25, 0.3) is 0 Å². The van der Waals surface area contributed by atoms with Gasteiger partial charge in [0, 0.05) is 11.8 Å². The van der Waals surface area contributed by atoms with Crippen molar-refractivity contribution in [3.05, 3.63) is 84.4 Å². The summed E-state index contributed by atoms with van der Waals surface area (Å²) in [7, 11) is 0. The number of carbonyl (C=O) groups is 1. The van der Waals surface area contributed by atoms with Crippen molar-refractivity contribution in [2.45, 2.75) is 20.5 Å². The number of hydrogen-bond acceptors (Lipinski definition) is 4. The second-order valence-electron chi connectivity index (χ2n) is 7.40. The van der Waals surface area contributed by atoms with Gasteiger partial charge in [0.05, 0.1) is 18.8 Å². The summed E-state index contributed by atoms with van der Waals surface area (Å²) in [5, 5.41) is 6.05. The summed E-state index contributed by atoms with van der Waals surface area (Å²) < 4.78 is 11.6. The molecule has 0 aliphatic carbocycles. The van der Waals surface area contributed by atoms with Crippen molar-refractivity contribution in [3.8, 4) is 11.5 Å². The summed E-state index contributed by atoms with van der Waals surface area (Å²) in [5.74, 6) is 1.75. The summed E-state index contributed by atoms with van der Waals surface area (Å²) >= 11 is 0. The van der Waals surface area contributed by atoms with Crippen molar-refractivity contribution >= 4 is 17.3 Å². The SMILES string of the molecule is CC(C)COc1cccc(NC(=O)CNc2ccccc2OCc2ccccc2)c1. The lowest BCUT2D eigenvalue weighted by atomic mass is 10.2. The number of para-hydroxylation sites is 2. The second kappa shape index (κ2) is 10.9. The Balaban J connectivity index is 1.53. The maximum atomic E-state index is 12.4. The van der Waals surface area contributed by atoms with Crippen LogP contribution >= 0.6 is 0 Å². The molecule has 156 valence electrons. The van der Waals surface area contributed by atoms with Crippen LogP contribution in [0.15, 0.2) is 78.9 Å². The predicted molar refractivity (Wildman–Crippen MR) is 121 cm³/mol. The molecule has 5 heteroatoms. The Morgan fingerprint density at radius 3 is 2.47 bits per heavy atom. The van der Waals surface area contributed by atoms with Gasteiger partial charge in [-0.05, 0) is 35.7 Å². The van der Waals surface area contributed by atoms with E-state index in [2.05, 4.69) is 24.5 Å². The highest BCUT2D eigenvalue weighted by Crippen LogP contribution is 2.24. The number of anilines is 2. The molecule has 0 saturated heterocycles. The van der Waals surface area contributed by atoms with Gasteiger partial charge in [0.1, 0.15) is 18.1 Å². The smallest absolute Gasteiger partial charge is 0.243 e. The van der Waals surface area contributed by atoms with Gasteiger partial charge in [-0.2, -0.15) is 0 Å². The van der Waals surface area contributed by atoms with Gasteiger partial charge in [-0.15, -0.1) is 0 Å². The van der Waals surface area contributed by atoms with Gasteiger partial charge < -0.3 is 20.1 Å². The third kappa shape index (κ3) is 6.85. The molecule has 0 unspecified atom stereocenters. The maximum absolute atomic E-state index is 12.4. The molecule has 3 aromatic carbocycles. The quantitative estimate of drug-likeness (QED) is 0.478. The number of benzene rings is 3. The van der Waals surface area contributed by atoms with Crippen molar-refractivity contribution < 1.29 is 14.3 Å². The van der Waals surface area contributed by atoms with E-state index in [0.29, 0.717) is 30.6 Å². The molecule has 0 bridgehead atoms. The van der Waals surface area contributed by atoms with Crippen LogP contribution in [0.25, 0.3) is 0 Å². The van der Waals surface area contributed by atoms with Crippen LogP contribution in [0.5, 0.6) is 11.5 Å². The molecular formula is C25H28N2O3. The van der Waals surface area contributed by atoms with E-state index in [-0.39, 0.29) is 12.5 Å². The molecule has 0 aliphatic heterocycles. The lowest BCUT2D eigenvalue weighted by molar-refractivity contribution is -0.114. The number of ether oxygens (including phenoxy) is 2. The predicted octanol–water partition coefficient (Wildman–Crippen LogP) is 5.35. The van der Waals surface area contributed by atoms with Gasteiger partial charge in [-0.1, -0.05) is 62.4 Å². The molecule has 1 amide bonds. The molecular weight excluding hydrogens is 376 g/mol. The van der Waals surface area contributed by atoms with E-state index in [0.717, 1.165) is 17.0 Å². The molecule has 0 aromatic heterocycles. The zero-order valence-electron chi connectivity index (χ0n) is 17.4. The number of nitrogens with one attached hydrogen (secondary N) is 2. The zero-order valence-corrected chi connectivity index (χ0v) is 17.4. The minimum Gasteiger partial charge on any atom is -0.493 e. The van der Waals surface area contributed by atoms with E-state index in [1.807, 2.05) is 78.9 Å². The highest BCUT2D eigenvalue weighted by Gasteiger charge is 2.07. The van der Waals surface area contributed by atoms with Crippen molar-refractivity contribution in [2.24, 2.45) is 5.92 Å². The highest BCUT2D eigenvalue weighted by atomic mass is 16.5. The summed E-state index contributed by atoms with van der Waals surface area (Å²) in [5.41, 5.74) is 2.57. The molecule has 0 aliphatic rings. The van der Waals surface area contributed by atoms with E-state index in [1.165, 1.54) is 0 Å². The largest absolute Gasteiger partial charge is 0.493 e. The Bertz CT molecular complexity index is 942. The van der Waals surface area contributed by atoms with Crippen LogP contribution in [-0.2, 0) is 11.4 Å². The van der Waals surface area contributed by atoms with Crippen molar-refractivity contribution in [1.29, 1.82) is 0 Å². The van der Waals surface area contributed by atoms with E-state index < -0.39 is 0 Å². The Morgan fingerprint density at radius 1 is 0.900 bits per heavy atom. The highest BCUT2D eigenvalue weighted by molar-refractivity contribution is 5.94. The van der Waals surface area contributed by atoms with E-state index in [1.54, 1.807) is 0 Å². The molecule has 3 rings (SSSR count). The molecule has 0 fully saturated rings. The molecule has 30 heavy (non-hydrogen) atoms. The Hall–Kier alpha value is -3.47. The van der Waals surface area contributed by atoms with Crippen molar-refractivity contribution in [3.63, 3.8) is 0 Å².